The number of hydrogen-bond donors (Lipinski definition) is 1. The van der Waals surface area contributed by atoms with E-state index in [1.54, 1.807) is 0 Å². The normalized spacial score (nSPS) is 15.5. The van der Waals surface area contributed by atoms with Crippen molar-refractivity contribution in [2.75, 3.05) is 6.54 Å². The molecule has 0 saturated carbocycles. The second-order valence-corrected chi connectivity index (χ2v) is 7.36. The van der Waals surface area contributed by atoms with Crippen molar-refractivity contribution in [3.05, 3.63) is 35.9 Å². The summed E-state index contributed by atoms with van der Waals surface area (Å²) in [6.07, 6.45) is 1.17. The van der Waals surface area contributed by atoms with Crippen molar-refractivity contribution in [1.82, 2.24) is 5.32 Å². The molecule has 0 spiro atoms. The molecule has 0 saturated heterocycles. The second kappa shape index (κ2) is 7.09. The largest absolute Gasteiger partial charge is 0.310 e. The Labute approximate surface area is 119 Å². The van der Waals surface area contributed by atoms with Gasteiger partial charge in [0.1, 0.15) is 0 Å². The van der Waals surface area contributed by atoms with Gasteiger partial charge >= 0.3 is 0 Å². The van der Waals surface area contributed by atoms with E-state index in [1.807, 2.05) is 0 Å². The molecule has 108 valence electrons. The zero-order chi connectivity index (χ0) is 14.5. The monoisotopic (exact) mass is 261 g/mol. The summed E-state index contributed by atoms with van der Waals surface area (Å²) in [5.41, 5.74) is 1.75. The molecule has 1 rings (SSSR count). The van der Waals surface area contributed by atoms with Crippen molar-refractivity contribution in [2.24, 2.45) is 17.3 Å². The predicted octanol–water partition coefficient (Wildman–Crippen LogP) is 5.05. The molecule has 0 aliphatic heterocycles. The van der Waals surface area contributed by atoms with Crippen molar-refractivity contribution < 1.29 is 0 Å². The summed E-state index contributed by atoms with van der Waals surface area (Å²) in [6.45, 7) is 15.0. The first-order valence-corrected chi connectivity index (χ1v) is 7.58. The first-order valence-electron chi connectivity index (χ1n) is 7.58. The van der Waals surface area contributed by atoms with Gasteiger partial charge in [0.25, 0.3) is 0 Å². The van der Waals surface area contributed by atoms with Crippen molar-refractivity contribution in [2.45, 2.75) is 54.0 Å². The molecular weight excluding hydrogens is 230 g/mol. The lowest BCUT2D eigenvalue weighted by Crippen LogP contribution is -2.31. The third kappa shape index (κ3) is 6.24. The van der Waals surface area contributed by atoms with E-state index in [-0.39, 0.29) is 0 Å². The average molecular weight is 261 g/mol. The molecule has 0 heterocycles. The number of rotatable bonds is 6. The molecule has 2 atom stereocenters. The van der Waals surface area contributed by atoms with Crippen LogP contribution in [0.25, 0.3) is 0 Å². The minimum absolute atomic E-state index is 0.342. The summed E-state index contributed by atoms with van der Waals surface area (Å²) >= 11 is 0. The minimum Gasteiger partial charge on any atom is -0.310 e. The van der Waals surface area contributed by atoms with Crippen LogP contribution in [-0.2, 0) is 0 Å². The van der Waals surface area contributed by atoms with Gasteiger partial charge in [-0.15, -0.1) is 0 Å². The van der Waals surface area contributed by atoms with Crippen LogP contribution in [0.5, 0.6) is 0 Å². The van der Waals surface area contributed by atoms with E-state index < -0.39 is 0 Å². The summed E-state index contributed by atoms with van der Waals surface area (Å²) < 4.78 is 0. The third-order valence-electron chi connectivity index (χ3n) is 3.84. The fourth-order valence-electron chi connectivity index (χ4n) is 2.17. The van der Waals surface area contributed by atoms with Gasteiger partial charge in [0, 0.05) is 6.04 Å². The summed E-state index contributed by atoms with van der Waals surface area (Å²) in [4.78, 5) is 0. The molecule has 1 N–H and O–H groups in total. The van der Waals surface area contributed by atoms with Crippen LogP contribution in [0, 0.1) is 17.3 Å². The molecule has 1 nitrogen and oxygen atoms in total. The lowest BCUT2D eigenvalue weighted by molar-refractivity contribution is 0.289. The summed E-state index contributed by atoms with van der Waals surface area (Å²) in [7, 11) is 0. The summed E-state index contributed by atoms with van der Waals surface area (Å²) in [5, 5.41) is 3.77. The van der Waals surface area contributed by atoms with Gasteiger partial charge < -0.3 is 5.32 Å². The maximum atomic E-state index is 3.77. The maximum Gasteiger partial charge on any atom is 0.0325 e. The first kappa shape index (κ1) is 16.2. The average Bonchev–Trinajstić information content (AvgIpc) is 2.33. The molecule has 1 aromatic carbocycles. The topological polar surface area (TPSA) is 12.0 Å². The van der Waals surface area contributed by atoms with Gasteiger partial charge in [-0.1, -0.05) is 71.9 Å². The zero-order valence-corrected chi connectivity index (χ0v) is 13.5. The van der Waals surface area contributed by atoms with E-state index in [4.69, 9.17) is 0 Å². The Morgan fingerprint density at radius 2 is 1.58 bits per heavy atom. The van der Waals surface area contributed by atoms with Gasteiger partial charge in [-0.05, 0) is 35.8 Å². The highest BCUT2D eigenvalue weighted by atomic mass is 14.9. The van der Waals surface area contributed by atoms with Crippen LogP contribution >= 0.6 is 0 Å². The third-order valence-corrected chi connectivity index (χ3v) is 3.84. The highest BCUT2D eigenvalue weighted by molar-refractivity contribution is 5.19. The van der Waals surface area contributed by atoms with Gasteiger partial charge in [-0.2, -0.15) is 0 Å². The summed E-state index contributed by atoms with van der Waals surface area (Å²) in [6, 6.07) is 11.3. The lowest BCUT2D eigenvalue weighted by atomic mass is 9.85. The Bertz CT molecular complexity index is 348. The summed E-state index contributed by atoms with van der Waals surface area (Å²) in [5.74, 6) is 1.45. The van der Waals surface area contributed by atoms with Crippen molar-refractivity contribution in [3.8, 4) is 0 Å². The molecule has 0 aliphatic carbocycles. The molecule has 0 bridgehead atoms. The minimum atomic E-state index is 0.342. The molecule has 0 fully saturated rings. The van der Waals surface area contributed by atoms with Crippen molar-refractivity contribution >= 4 is 0 Å². The SMILES string of the molecule is CC(C)C(C)CNC(CC(C)(C)C)c1ccccc1. The molecule has 19 heavy (non-hydrogen) atoms. The standard InChI is InChI=1S/C18H31N/c1-14(2)15(3)13-19-17(12-18(4,5)6)16-10-8-7-9-11-16/h7-11,14-15,17,19H,12-13H2,1-6H3. The Kier molecular flexibility index (Phi) is 6.06. The molecule has 1 heteroatoms. The van der Waals surface area contributed by atoms with E-state index in [1.165, 1.54) is 12.0 Å². The predicted molar refractivity (Wildman–Crippen MR) is 85.3 cm³/mol. The van der Waals surface area contributed by atoms with Crippen LogP contribution < -0.4 is 5.32 Å². The van der Waals surface area contributed by atoms with Crippen LogP contribution in [-0.4, -0.2) is 6.54 Å². The Morgan fingerprint density at radius 3 is 2.05 bits per heavy atom. The molecule has 0 amide bonds. The molecule has 1 aromatic rings. The molecular formula is C18H31N. The van der Waals surface area contributed by atoms with E-state index in [9.17, 15) is 0 Å². The number of hydrogen-bond acceptors (Lipinski definition) is 1. The molecule has 2 unspecified atom stereocenters. The first-order chi connectivity index (χ1) is 8.79. The van der Waals surface area contributed by atoms with Crippen LogP contribution in [0.2, 0.25) is 0 Å². The second-order valence-electron chi connectivity index (χ2n) is 7.36. The zero-order valence-electron chi connectivity index (χ0n) is 13.5. The Morgan fingerprint density at radius 1 is 1.00 bits per heavy atom. The van der Waals surface area contributed by atoms with Crippen LogP contribution in [0.15, 0.2) is 30.3 Å². The van der Waals surface area contributed by atoms with Gasteiger partial charge in [-0.3, -0.25) is 0 Å². The van der Waals surface area contributed by atoms with E-state index in [2.05, 4.69) is 77.2 Å². The number of benzene rings is 1. The smallest absolute Gasteiger partial charge is 0.0325 e. The van der Waals surface area contributed by atoms with Crippen LogP contribution in [0.3, 0.4) is 0 Å². The van der Waals surface area contributed by atoms with Gasteiger partial charge in [0.2, 0.25) is 0 Å². The van der Waals surface area contributed by atoms with E-state index >= 15 is 0 Å². The highest BCUT2D eigenvalue weighted by Crippen LogP contribution is 2.29. The van der Waals surface area contributed by atoms with Gasteiger partial charge in [0.15, 0.2) is 0 Å². The van der Waals surface area contributed by atoms with Gasteiger partial charge in [-0.25, -0.2) is 0 Å². The van der Waals surface area contributed by atoms with E-state index in [0.717, 1.165) is 12.5 Å². The number of nitrogens with one attached hydrogen (secondary N) is 1. The highest BCUT2D eigenvalue weighted by Gasteiger charge is 2.20. The quantitative estimate of drug-likeness (QED) is 0.756. The molecule has 0 radical (unpaired) electrons. The maximum absolute atomic E-state index is 3.77. The Balaban J connectivity index is 2.71. The van der Waals surface area contributed by atoms with Crippen LogP contribution in [0.4, 0.5) is 0 Å². The van der Waals surface area contributed by atoms with Crippen molar-refractivity contribution in [3.63, 3.8) is 0 Å². The Hall–Kier alpha value is -0.820. The van der Waals surface area contributed by atoms with Crippen LogP contribution in [0.1, 0.15) is 59.6 Å². The fraction of sp³-hybridized carbons (Fsp3) is 0.667. The lowest BCUT2D eigenvalue weighted by Gasteiger charge is -2.29. The van der Waals surface area contributed by atoms with Gasteiger partial charge in [0.05, 0.1) is 0 Å². The molecule has 0 aliphatic rings. The fourth-order valence-corrected chi connectivity index (χ4v) is 2.17. The molecule has 0 aromatic heterocycles. The van der Waals surface area contributed by atoms with Crippen molar-refractivity contribution in [1.29, 1.82) is 0 Å². The van der Waals surface area contributed by atoms with E-state index in [0.29, 0.717) is 17.4 Å².